The summed E-state index contributed by atoms with van der Waals surface area (Å²) in [6.45, 7) is 1.85. The predicted molar refractivity (Wildman–Crippen MR) is 67.3 cm³/mol. The van der Waals surface area contributed by atoms with Gasteiger partial charge in [0.05, 0.1) is 30.9 Å². The van der Waals surface area contributed by atoms with Gasteiger partial charge in [-0.25, -0.2) is 0 Å². The summed E-state index contributed by atoms with van der Waals surface area (Å²) in [4.78, 5) is 14.0. The van der Waals surface area contributed by atoms with E-state index in [-0.39, 0.29) is 12.3 Å². The predicted octanol–water partition coefficient (Wildman–Crippen LogP) is 0.965. The van der Waals surface area contributed by atoms with E-state index in [1.807, 2.05) is 11.0 Å². The lowest BCUT2D eigenvalue weighted by atomic mass is 10.1. The monoisotopic (exact) mass is 255 g/mol. The molecule has 1 aromatic rings. The first-order chi connectivity index (χ1) is 9.22. The van der Waals surface area contributed by atoms with Gasteiger partial charge in [0.15, 0.2) is 11.9 Å². The zero-order valence-corrected chi connectivity index (χ0v) is 10.4. The van der Waals surface area contributed by atoms with Gasteiger partial charge in [0.1, 0.15) is 0 Å². The highest BCUT2D eigenvalue weighted by Crippen LogP contribution is 2.08. The molecule has 1 saturated heterocycles. The maximum absolute atomic E-state index is 12.1. The Bertz CT molecular complexity index is 539. The Kier molecular flexibility index (Phi) is 4.25. The van der Waals surface area contributed by atoms with E-state index in [1.54, 1.807) is 24.3 Å². The summed E-state index contributed by atoms with van der Waals surface area (Å²) in [5, 5.41) is 17.5. The Morgan fingerprint density at radius 1 is 1.37 bits per heavy atom. The normalized spacial score (nSPS) is 19.4. The zero-order chi connectivity index (χ0) is 13.7. The molecule has 19 heavy (non-hydrogen) atoms. The summed E-state index contributed by atoms with van der Waals surface area (Å²) in [7, 11) is 0. The minimum atomic E-state index is -0.456. The van der Waals surface area contributed by atoms with Crippen LogP contribution >= 0.6 is 0 Å². The molecule has 1 aliphatic heterocycles. The van der Waals surface area contributed by atoms with Crippen molar-refractivity contribution in [2.24, 2.45) is 0 Å². The highest BCUT2D eigenvalue weighted by atomic mass is 16.5. The molecule has 5 heteroatoms. The molecule has 96 valence electrons. The van der Waals surface area contributed by atoms with Crippen molar-refractivity contribution in [3.8, 4) is 12.1 Å². The minimum Gasteiger partial charge on any atom is -0.361 e. The summed E-state index contributed by atoms with van der Waals surface area (Å²) in [5.41, 5.74) is 1.12. The van der Waals surface area contributed by atoms with Gasteiger partial charge in [-0.3, -0.25) is 9.69 Å². The molecule has 5 nitrogen and oxygen atoms in total. The summed E-state index contributed by atoms with van der Waals surface area (Å²) >= 11 is 0. The number of hydrogen-bond acceptors (Lipinski definition) is 5. The maximum atomic E-state index is 12.1. The van der Waals surface area contributed by atoms with Gasteiger partial charge < -0.3 is 4.74 Å². The Morgan fingerprint density at radius 3 is 2.74 bits per heavy atom. The molecular formula is C14H13N3O2. The topological polar surface area (TPSA) is 77.1 Å². The number of ketones is 1. The van der Waals surface area contributed by atoms with Crippen LogP contribution in [0.15, 0.2) is 24.3 Å². The first-order valence-corrected chi connectivity index (χ1v) is 6.00. The van der Waals surface area contributed by atoms with E-state index in [9.17, 15) is 4.79 Å². The number of carbonyl (C=O) groups is 1. The van der Waals surface area contributed by atoms with Crippen molar-refractivity contribution in [2.45, 2.75) is 6.10 Å². The molecule has 1 fully saturated rings. The Balaban J connectivity index is 1.97. The third-order valence-electron chi connectivity index (χ3n) is 3.00. The van der Waals surface area contributed by atoms with Crippen molar-refractivity contribution < 1.29 is 9.53 Å². The van der Waals surface area contributed by atoms with Crippen LogP contribution in [0.25, 0.3) is 0 Å². The van der Waals surface area contributed by atoms with Crippen LogP contribution in [0, 0.1) is 22.7 Å². The molecule has 0 aromatic heterocycles. The van der Waals surface area contributed by atoms with Crippen molar-refractivity contribution in [3.05, 3.63) is 35.4 Å². The number of nitriles is 2. The average molecular weight is 255 g/mol. The van der Waals surface area contributed by atoms with E-state index < -0.39 is 6.10 Å². The van der Waals surface area contributed by atoms with Gasteiger partial charge >= 0.3 is 0 Å². The van der Waals surface area contributed by atoms with E-state index >= 15 is 0 Å². The van der Waals surface area contributed by atoms with Gasteiger partial charge in [0.25, 0.3) is 0 Å². The second-order valence-electron chi connectivity index (χ2n) is 4.34. The summed E-state index contributed by atoms with van der Waals surface area (Å²) < 4.78 is 5.22. The number of rotatable bonds is 3. The van der Waals surface area contributed by atoms with Gasteiger partial charge in [-0.05, 0) is 12.1 Å². The lowest BCUT2D eigenvalue weighted by Crippen LogP contribution is -2.44. The fraction of sp³-hybridized carbons (Fsp3) is 0.357. The molecule has 0 amide bonds. The molecule has 1 atom stereocenters. The highest BCUT2D eigenvalue weighted by Gasteiger charge is 2.22. The summed E-state index contributed by atoms with van der Waals surface area (Å²) in [6, 6.07) is 10.6. The molecule has 0 aliphatic carbocycles. The standard InChI is InChI=1S/C14H13N3O2/c15-7-11-1-3-12(4-2-11)14(18)10-17-5-6-19-13(8-16)9-17/h1-4,13H,5-6,9-10H2. The molecule has 0 spiro atoms. The van der Waals surface area contributed by atoms with Crippen LogP contribution in [0.1, 0.15) is 15.9 Å². The van der Waals surface area contributed by atoms with E-state index in [0.29, 0.717) is 30.8 Å². The van der Waals surface area contributed by atoms with Gasteiger partial charge in [-0.15, -0.1) is 0 Å². The van der Waals surface area contributed by atoms with Crippen LogP contribution in [0.2, 0.25) is 0 Å². The van der Waals surface area contributed by atoms with Gasteiger partial charge in [0.2, 0.25) is 0 Å². The van der Waals surface area contributed by atoms with Crippen molar-refractivity contribution in [1.82, 2.24) is 4.90 Å². The fourth-order valence-electron chi connectivity index (χ4n) is 1.95. The van der Waals surface area contributed by atoms with Gasteiger partial charge in [0, 0.05) is 18.7 Å². The first kappa shape index (κ1) is 13.2. The van der Waals surface area contributed by atoms with Crippen LogP contribution < -0.4 is 0 Å². The van der Waals surface area contributed by atoms with Gasteiger partial charge in [-0.2, -0.15) is 10.5 Å². The van der Waals surface area contributed by atoms with Crippen molar-refractivity contribution in [2.75, 3.05) is 26.2 Å². The highest BCUT2D eigenvalue weighted by molar-refractivity contribution is 5.97. The van der Waals surface area contributed by atoms with Crippen LogP contribution in [0.3, 0.4) is 0 Å². The number of hydrogen-bond donors (Lipinski definition) is 0. The van der Waals surface area contributed by atoms with Gasteiger partial charge in [-0.1, -0.05) is 12.1 Å². The lowest BCUT2D eigenvalue weighted by Gasteiger charge is -2.28. The number of nitrogens with zero attached hydrogens (tertiary/aromatic N) is 3. The molecule has 1 unspecified atom stereocenters. The first-order valence-electron chi connectivity index (χ1n) is 6.00. The minimum absolute atomic E-state index is 0.0110. The van der Waals surface area contributed by atoms with Crippen LogP contribution in [-0.4, -0.2) is 43.0 Å². The molecule has 1 aromatic carbocycles. The van der Waals surface area contributed by atoms with Crippen molar-refractivity contribution in [3.63, 3.8) is 0 Å². The zero-order valence-electron chi connectivity index (χ0n) is 10.4. The van der Waals surface area contributed by atoms with E-state index in [1.165, 1.54) is 0 Å². The quantitative estimate of drug-likeness (QED) is 0.752. The van der Waals surface area contributed by atoms with E-state index in [0.717, 1.165) is 0 Å². The molecule has 0 saturated carbocycles. The molecular weight excluding hydrogens is 242 g/mol. The Labute approximate surface area is 111 Å². The molecule has 1 aliphatic rings. The van der Waals surface area contributed by atoms with Crippen LogP contribution in [0.5, 0.6) is 0 Å². The molecule has 0 N–H and O–H groups in total. The summed E-state index contributed by atoms with van der Waals surface area (Å²) in [6.07, 6.45) is -0.456. The largest absolute Gasteiger partial charge is 0.361 e. The average Bonchev–Trinajstić information content (AvgIpc) is 2.47. The molecule has 0 bridgehead atoms. The lowest BCUT2D eigenvalue weighted by molar-refractivity contribution is 0.00241. The number of Topliss-reactive ketones (excluding diaryl/α,β-unsaturated/α-hetero) is 1. The second kappa shape index (κ2) is 6.10. The Hall–Kier alpha value is -2.21. The maximum Gasteiger partial charge on any atom is 0.176 e. The van der Waals surface area contributed by atoms with Crippen molar-refractivity contribution >= 4 is 5.78 Å². The molecule has 0 radical (unpaired) electrons. The smallest absolute Gasteiger partial charge is 0.176 e. The van der Waals surface area contributed by atoms with Crippen molar-refractivity contribution in [1.29, 1.82) is 10.5 Å². The number of benzene rings is 1. The molecule has 2 rings (SSSR count). The SMILES string of the molecule is N#Cc1ccc(C(=O)CN2CCOC(C#N)C2)cc1. The molecule has 1 heterocycles. The summed E-state index contributed by atoms with van der Waals surface area (Å²) in [5.74, 6) is -0.0110. The third-order valence-corrected chi connectivity index (χ3v) is 3.00. The number of carbonyl (C=O) groups excluding carboxylic acids is 1. The van der Waals surface area contributed by atoms with E-state index in [4.69, 9.17) is 15.3 Å². The fourth-order valence-corrected chi connectivity index (χ4v) is 1.95. The van der Waals surface area contributed by atoms with Crippen LogP contribution in [-0.2, 0) is 4.74 Å². The van der Waals surface area contributed by atoms with E-state index in [2.05, 4.69) is 6.07 Å². The number of morpholine rings is 1. The third kappa shape index (κ3) is 3.38. The number of ether oxygens (including phenoxy) is 1. The second-order valence-corrected chi connectivity index (χ2v) is 4.34. The van der Waals surface area contributed by atoms with Crippen LogP contribution in [0.4, 0.5) is 0 Å². The Morgan fingerprint density at radius 2 is 2.11 bits per heavy atom.